The van der Waals surface area contributed by atoms with Crippen LogP contribution in [0, 0.1) is 0 Å². The van der Waals surface area contributed by atoms with Gasteiger partial charge in [0.2, 0.25) is 0 Å². The van der Waals surface area contributed by atoms with Gasteiger partial charge in [0.05, 0.1) is 0 Å². The van der Waals surface area contributed by atoms with E-state index in [0.717, 1.165) is 37.3 Å². The number of nitrogens with one attached hydrogen (secondary N) is 1. The van der Waals surface area contributed by atoms with Gasteiger partial charge in [0.1, 0.15) is 0 Å². The van der Waals surface area contributed by atoms with Crippen molar-refractivity contribution in [2.45, 2.75) is 32.2 Å². The molecule has 1 aromatic carbocycles. The molecular weight excluding hydrogens is 214 g/mol. The first kappa shape index (κ1) is 12.1. The lowest BCUT2D eigenvalue weighted by atomic mass is 10.1. The summed E-state index contributed by atoms with van der Waals surface area (Å²) in [5.74, 6) is 0.197. The number of Topliss-reactive ketones (excluding diaryl/α,β-unsaturated/α-hetero) is 1. The van der Waals surface area contributed by atoms with Crippen LogP contribution in [0.5, 0.6) is 0 Å². The summed E-state index contributed by atoms with van der Waals surface area (Å²) in [4.78, 5) is 11.5. The van der Waals surface area contributed by atoms with Crippen molar-refractivity contribution < 1.29 is 9.53 Å². The number of rotatable bonds is 4. The Kier molecular flexibility index (Phi) is 4.15. The van der Waals surface area contributed by atoms with Gasteiger partial charge in [0, 0.05) is 36.9 Å². The lowest BCUT2D eigenvalue weighted by Crippen LogP contribution is -2.27. The number of anilines is 1. The van der Waals surface area contributed by atoms with Crippen LogP contribution in [0.2, 0.25) is 0 Å². The number of ether oxygens (including phenoxy) is 1. The minimum absolute atomic E-state index is 0.197. The quantitative estimate of drug-likeness (QED) is 0.813. The highest BCUT2D eigenvalue weighted by Crippen LogP contribution is 2.16. The van der Waals surface area contributed by atoms with E-state index in [1.807, 2.05) is 31.2 Å². The lowest BCUT2D eigenvalue weighted by Gasteiger charge is -2.24. The predicted octanol–water partition coefficient (Wildman–Crippen LogP) is 2.87. The fraction of sp³-hybridized carbons (Fsp3) is 0.500. The Morgan fingerprint density at radius 2 is 1.94 bits per heavy atom. The molecule has 0 aromatic heterocycles. The van der Waals surface area contributed by atoms with E-state index in [9.17, 15) is 4.79 Å². The predicted molar refractivity (Wildman–Crippen MR) is 68.5 cm³/mol. The zero-order valence-corrected chi connectivity index (χ0v) is 10.2. The van der Waals surface area contributed by atoms with Crippen molar-refractivity contribution in [1.82, 2.24) is 0 Å². The first-order valence-corrected chi connectivity index (χ1v) is 6.27. The molecule has 1 fully saturated rings. The van der Waals surface area contributed by atoms with Crippen molar-refractivity contribution in [1.29, 1.82) is 0 Å². The van der Waals surface area contributed by atoms with Crippen LogP contribution in [0.1, 0.15) is 36.5 Å². The summed E-state index contributed by atoms with van der Waals surface area (Å²) in [6.45, 7) is 3.56. The summed E-state index contributed by atoms with van der Waals surface area (Å²) in [6, 6.07) is 8.26. The number of ketones is 1. The van der Waals surface area contributed by atoms with Crippen molar-refractivity contribution >= 4 is 11.5 Å². The molecule has 1 N–H and O–H groups in total. The summed E-state index contributed by atoms with van der Waals surface area (Å²) >= 11 is 0. The number of benzene rings is 1. The van der Waals surface area contributed by atoms with Crippen molar-refractivity contribution in [3.05, 3.63) is 29.8 Å². The first-order valence-electron chi connectivity index (χ1n) is 6.27. The van der Waals surface area contributed by atoms with Crippen LogP contribution in [0.15, 0.2) is 24.3 Å². The minimum Gasteiger partial charge on any atom is -0.382 e. The fourth-order valence-corrected chi connectivity index (χ4v) is 2.03. The number of hydrogen-bond acceptors (Lipinski definition) is 3. The van der Waals surface area contributed by atoms with E-state index < -0.39 is 0 Å². The van der Waals surface area contributed by atoms with E-state index in [1.54, 1.807) is 0 Å². The molecule has 1 aliphatic rings. The molecule has 2 rings (SSSR count). The molecule has 0 amide bonds. The van der Waals surface area contributed by atoms with E-state index in [4.69, 9.17) is 4.74 Å². The van der Waals surface area contributed by atoms with Crippen LogP contribution in [0.4, 0.5) is 5.69 Å². The molecule has 0 radical (unpaired) electrons. The molecule has 3 nitrogen and oxygen atoms in total. The van der Waals surface area contributed by atoms with Crippen LogP contribution in [-0.2, 0) is 4.74 Å². The first-order chi connectivity index (χ1) is 8.29. The zero-order chi connectivity index (χ0) is 12.1. The highest BCUT2D eigenvalue weighted by atomic mass is 16.5. The molecule has 0 bridgehead atoms. The number of carbonyl (C=O) groups is 1. The molecule has 1 saturated heterocycles. The van der Waals surface area contributed by atoms with Gasteiger partial charge in [-0.3, -0.25) is 4.79 Å². The maximum Gasteiger partial charge on any atom is 0.162 e. The van der Waals surface area contributed by atoms with Crippen molar-refractivity contribution in [2.75, 3.05) is 18.5 Å². The van der Waals surface area contributed by atoms with E-state index in [0.29, 0.717) is 12.5 Å². The summed E-state index contributed by atoms with van der Waals surface area (Å²) in [5.41, 5.74) is 1.88. The molecule has 1 aromatic rings. The summed E-state index contributed by atoms with van der Waals surface area (Å²) < 4.78 is 5.32. The van der Waals surface area contributed by atoms with Gasteiger partial charge >= 0.3 is 0 Å². The van der Waals surface area contributed by atoms with Crippen LogP contribution < -0.4 is 5.32 Å². The Bertz CT molecular complexity index is 366. The SMILES string of the molecule is CCC(=O)c1ccc(NC2CCOCC2)cc1. The third kappa shape index (κ3) is 3.30. The van der Waals surface area contributed by atoms with Gasteiger partial charge < -0.3 is 10.1 Å². The van der Waals surface area contributed by atoms with Crippen molar-refractivity contribution in [3.63, 3.8) is 0 Å². The second-order valence-electron chi connectivity index (χ2n) is 4.39. The molecule has 3 heteroatoms. The van der Waals surface area contributed by atoms with Crippen molar-refractivity contribution in [2.24, 2.45) is 0 Å². The Balaban J connectivity index is 1.95. The van der Waals surface area contributed by atoms with E-state index in [1.165, 1.54) is 0 Å². The minimum atomic E-state index is 0.197. The Morgan fingerprint density at radius 1 is 1.29 bits per heavy atom. The monoisotopic (exact) mass is 233 g/mol. The maximum atomic E-state index is 11.5. The van der Waals surface area contributed by atoms with Crippen LogP contribution >= 0.6 is 0 Å². The Morgan fingerprint density at radius 3 is 2.53 bits per heavy atom. The number of hydrogen-bond donors (Lipinski definition) is 1. The Labute approximate surface area is 102 Å². The van der Waals surface area contributed by atoms with Crippen LogP contribution in [0.3, 0.4) is 0 Å². The Hall–Kier alpha value is -1.35. The summed E-state index contributed by atoms with van der Waals surface area (Å²) in [7, 11) is 0. The van der Waals surface area contributed by atoms with Gasteiger partial charge in [0.25, 0.3) is 0 Å². The van der Waals surface area contributed by atoms with Crippen LogP contribution in [-0.4, -0.2) is 25.0 Å². The standard InChI is InChI=1S/C14H19NO2/c1-2-14(16)11-3-5-12(6-4-11)15-13-7-9-17-10-8-13/h3-6,13,15H,2,7-10H2,1H3. The van der Waals surface area contributed by atoms with Gasteiger partial charge in [0.15, 0.2) is 5.78 Å². The molecular formula is C14H19NO2. The topological polar surface area (TPSA) is 38.3 Å². The van der Waals surface area contributed by atoms with Gasteiger partial charge in [-0.15, -0.1) is 0 Å². The number of carbonyl (C=O) groups excluding carboxylic acids is 1. The molecule has 0 atom stereocenters. The van der Waals surface area contributed by atoms with E-state index in [2.05, 4.69) is 5.32 Å². The van der Waals surface area contributed by atoms with Crippen molar-refractivity contribution in [3.8, 4) is 0 Å². The fourth-order valence-electron chi connectivity index (χ4n) is 2.03. The second kappa shape index (κ2) is 5.82. The highest BCUT2D eigenvalue weighted by molar-refractivity contribution is 5.96. The van der Waals surface area contributed by atoms with Gasteiger partial charge in [-0.1, -0.05) is 6.92 Å². The molecule has 17 heavy (non-hydrogen) atoms. The molecule has 0 spiro atoms. The molecule has 1 heterocycles. The average Bonchev–Trinajstić information content (AvgIpc) is 2.40. The molecule has 1 aliphatic heterocycles. The zero-order valence-electron chi connectivity index (χ0n) is 10.2. The summed E-state index contributed by atoms with van der Waals surface area (Å²) in [6.07, 6.45) is 2.66. The van der Waals surface area contributed by atoms with Gasteiger partial charge in [-0.25, -0.2) is 0 Å². The normalized spacial score (nSPS) is 16.8. The second-order valence-corrected chi connectivity index (χ2v) is 4.39. The third-order valence-electron chi connectivity index (χ3n) is 3.12. The average molecular weight is 233 g/mol. The summed E-state index contributed by atoms with van der Waals surface area (Å²) in [5, 5.41) is 3.47. The molecule has 92 valence electrons. The smallest absolute Gasteiger partial charge is 0.162 e. The lowest BCUT2D eigenvalue weighted by molar-refractivity contribution is 0.0904. The molecule has 0 unspecified atom stereocenters. The highest BCUT2D eigenvalue weighted by Gasteiger charge is 2.13. The van der Waals surface area contributed by atoms with Gasteiger partial charge in [-0.05, 0) is 37.1 Å². The third-order valence-corrected chi connectivity index (χ3v) is 3.12. The van der Waals surface area contributed by atoms with Crippen LogP contribution in [0.25, 0.3) is 0 Å². The molecule has 0 aliphatic carbocycles. The van der Waals surface area contributed by atoms with E-state index in [-0.39, 0.29) is 5.78 Å². The van der Waals surface area contributed by atoms with Gasteiger partial charge in [-0.2, -0.15) is 0 Å². The largest absolute Gasteiger partial charge is 0.382 e. The van der Waals surface area contributed by atoms with E-state index >= 15 is 0 Å². The molecule has 0 saturated carbocycles. The maximum absolute atomic E-state index is 11.5.